The van der Waals surface area contributed by atoms with Gasteiger partial charge in [-0.25, -0.2) is 4.79 Å². The number of hydrogen-bond acceptors (Lipinski definition) is 3. The highest BCUT2D eigenvalue weighted by Gasteiger charge is 2.25. The molecule has 0 fully saturated rings. The predicted octanol–water partition coefficient (Wildman–Crippen LogP) is 4.38. The second-order valence-corrected chi connectivity index (χ2v) is 6.30. The number of benzene rings is 2. The van der Waals surface area contributed by atoms with Crippen molar-refractivity contribution >= 4 is 41.2 Å². The Labute approximate surface area is 156 Å². The Hall–Kier alpha value is -2.30. The highest BCUT2D eigenvalue weighted by atomic mass is 35.5. The fourth-order valence-electron chi connectivity index (χ4n) is 2.07. The third-order valence-electron chi connectivity index (χ3n) is 3.36. The molecule has 1 amide bonds. The highest BCUT2D eigenvalue weighted by molar-refractivity contribution is 6.35. The van der Waals surface area contributed by atoms with Gasteiger partial charge in [0, 0.05) is 35.8 Å². The van der Waals surface area contributed by atoms with Crippen molar-refractivity contribution in [1.29, 1.82) is 0 Å². The summed E-state index contributed by atoms with van der Waals surface area (Å²) in [5, 5.41) is 0.922. The van der Waals surface area contributed by atoms with Crippen LogP contribution in [0.5, 0.6) is 0 Å². The number of carbonyl (C=O) groups excluding carboxylic acids is 2. The Bertz CT molecular complexity index is 789. The summed E-state index contributed by atoms with van der Waals surface area (Å²) in [5.41, 5.74) is 1.23. The number of hydrogen-bond donors (Lipinski definition) is 0. The van der Waals surface area contributed by atoms with Gasteiger partial charge in [-0.05, 0) is 23.8 Å². The average Bonchev–Trinajstić information content (AvgIpc) is 2.59. The third kappa shape index (κ3) is 5.34. The molecule has 2 rings (SSSR count). The molecule has 2 aromatic carbocycles. The van der Waals surface area contributed by atoms with Crippen molar-refractivity contribution in [2.45, 2.75) is 6.10 Å². The van der Waals surface area contributed by atoms with E-state index in [1.54, 1.807) is 56.6 Å². The molecule has 0 N–H and O–H groups in total. The van der Waals surface area contributed by atoms with Gasteiger partial charge in [-0.1, -0.05) is 59.6 Å². The molecular formula is C19H17Cl2NO3. The zero-order valence-electron chi connectivity index (χ0n) is 13.8. The van der Waals surface area contributed by atoms with E-state index >= 15 is 0 Å². The van der Waals surface area contributed by atoms with Crippen molar-refractivity contribution in [2.24, 2.45) is 0 Å². The van der Waals surface area contributed by atoms with Crippen LogP contribution in [0.4, 0.5) is 0 Å². The topological polar surface area (TPSA) is 46.6 Å². The van der Waals surface area contributed by atoms with Crippen molar-refractivity contribution in [3.63, 3.8) is 0 Å². The molecule has 130 valence electrons. The number of halogens is 2. The van der Waals surface area contributed by atoms with E-state index in [-0.39, 0.29) is 5.91 Å². The fourth-order valence-corrected chi connectivity index (χ4v) is 2.54. The molecule has 0 aromatic heterocycles. The summed E-state index contributed by atoms with van der Waals surface area (Å²) in [7, 11) is 3.21. The third-order valence-corrected chi connectivity index (χ3v) is 3.93. The summed E-state index contributed by atoms with van der Waals surface area (Å²) in [6, 6.07) is 13.8. The van der Waals surface area contributed by atoms with E-state index in [0.29, 0.717) is 21.2 Å². The molecule has 0 aliphatic carbocycles. The minimum atomic E-state index is -1.01. The fraction of sp³-hybridized carbons (Fsp3) is 0.158. The number of amides is 1. The van der Waals surface area contributed by atoms with Crippen LogP contribution in [0, 0.1) is 0 Å². The maximum absolute atomic E-state index is 12.3. The van der Waals surface area contributed by atoms with Crippen LogP contribution in [-0.4, -0.2) is 30.9 Å². The molecular weight excluding hydrogens is 361 g/mol. The van der Waals surface area contributed by atoms with Crippen LogP contribution in [0.25, 0.3) is 6.08 Å². The molecule has 0 bridgehead atoms. The maximum atomic E-state index is 12.3. The Kier molecular flexibility index (Phi) is 6.62. The van der Waals surface area contributed by atoms with E-state index < -0.39 is 12.1 Å². The van der Waals surface area contributed by atoms with Gasteiger partial charge in [0.05, 0.1) is 0 Å². The van der Waals surface area contributed by atoms with Gasteiger partial charge in [0.15, 0.2) is 0 Å². The van der Waals surface area contributed by atoms with Crippen molar-refractivity contribution in [2.75, 3.05) is 14.1 Å². The number of carbonyl (C=O) groups is 2. The van der Waals surface area contributed by atoms with Crippen molar-refractivity contribution in [1.82, 2.24) is 4.90 Å². The first-order valence-corrected chi connectivity index (χ1v) is 8.24. The summed E-state index contributed by atoms with van der Waals surface area (Å²) >= 11 is 11.9. The first-order valence-electron chi connectivity index (χ1n) is 7.48. The standard InChI is InChI=1S/C19H17Cl2NO3/c1-22(2)19(24)18(14-6-4-3-5-7-14)25-17(23)11-9-13-8-10-15(20)12-16(13)21/h3-12,18H,1-2H3/b11-9+/t18-/m0/s1. The van der Waals surface area contributed by atoms with Crippen LogP contribution in [0.3, 0.4) is 0 Å². The van der Waals surface area contributed by atoms with Crippen LogP contribution in [0.1, 0.15) is 17.2 Å². The monoisotopic (exact) mass is 377 g/mol. The van der Waals surface area contributed by atoms with Crippen molar-refractivity contribution in [3.05, 3.63) is 75.8 Å². The van der Waals surface area contributed by atoms with Gasteiger partial charge in [-0.3, -0.25) is 4.79 Å². The van der Waals surface area contributed by atoms with Gasteiger partial charge in [0.25, 0.3) is 5.91 Å². The molecule has 1 atom stereocenters. The number of ether oxygens (including phenoxy) is 1. The lowest BCUT2D eigenvalue weighted by atomic mass is 10.1. The Morgan fingerprint density at radius 3 is 2.36 bits per heavy atom. The second-order valence-electron chi connectivity index (χ2n) is 5.46. The minimum absolute atomic E-state index is 0.322. The summed E-state index contributed by atoms with van der Waals surface area (Å²) in [5.74, 6) is -0.965. The molecule has 2 aromatic rings. The lowest BCUT2D eigenvalue weighted by Crippen LogP contribution is -2.30. The highest BCUT2D eigenvalue weighted by Crippen LogP contribution is 2.23. The molecule has 0 heterocycles. The van der Waals surface area contributed by atoms with E-state index in [1.807, 2.05) is 6.07 Å². The Morgan fingerprint density at radius 1 is 1.08 bits per heavy atom. The van der Waals surface area contributed by atoms with E-state index in [9.17, 15) is 9.59 Å². The van der Waals surface area contributed by atoms with Crippen LogP contribution >= 0.6 is 23.2 Å². The molecule has 0 radical (unpaired) electrons. The van der Waals surface area contributed by atoms with Gasteiger partial charge < -0.3 is 9.64 Å². The van der Waals surface area contributed by atoms with E-state index in [0.717, 1.165) is 0 Å². The minimum Gasteiger partial charge on any atom is -0.444 e. The molecule has 25 heavy (non-hydrogen) atoms. The predicted molar refractivity (Wildman–Crippen MR) is 99.5 cm³/mol. The average molecular weight is 378 g/mol. The summed E-state index contributed by atoms with van der Waals surface area (Å²) in [6.07, 6.45) is 1.74. The largest absolute Gasteiger partial charge is 0.444 e. The lowest BCUT2D eigenvalue weighted by molar-refractivity contribution is -0.155. The molecule has 4 nitrogen and oxygen atoms in total. The maximum Gasteiger partial charge on any atom is 0.331 e. The SMILES string of the molecule is CN(C)C(=O)[C@@H](OC(=O)/C=C/c1ccc(Cl)cc1Cl)c1ccccc1. The van der Waals surface area contributed by atoms with E-state index in [2.05, 4.69) is 0 Å². The number of esters is 1. The van der Waals surface area contributed by atoms with Gasteiger partial charge in [-0.2, -0.15) is 0 Å². The summed E-state index contributed by atoms with van der Waals surface area (Å²) < 4.78 is 5.36. The molecule has 0 saturated heterocycles. The van der Waals surface area contributed by atoms with E-state index in [1.165, 1.54) is 17.1 Å². The molecule has 0 spiro atoms. The summed E-state index contributed by atoms with van der Waals surface area (Å²) in [6.45, 7) is 0. The van der Waals surface area contributed by atoms with Gasteiger partial charge in [-0.15, -0.1) is 0 Å². The van der Waals surface area contributed by atoms with Gasteiger partial charge in [0.2, 0.25) is 6.10 Å². The van der Waals surface area contributed by atoms with Crippen molar-refractivity contribution < 1.29 is 14.3 Å². The zero-order chi connectivity index (χ0) is 18.4. The molecule has 0 saturated carbocycles. The quantitative estimate of drug-likeness (QED) is 0.573. The van der Waals surface area contributed by atoms with Crippen LogP contribution in [0.2, 0.25) is 10.0 Å². The second kappa shape index (κ2) is 8.70. The molecule has 0 aliphatic rings. The van der Waals surface area contributed by atoms with Gasteiger partial charge in [0.1, 0.15) is 0 Å². The molecule has 0 aliphatic heterocycles. The molecule has 0 unspecified atom stereocenters. The smallest absolute Gasteiger partial charge is 0.331 e. The zero-order valence-corrected chi connectivity index (χ0v) is 15.3. The number of rotatable bonds is 5. The lowest BCUT2D eigenvalue weighted by Gasteiger charge is -2.20. The normalized spacial score (nSPS) is 12.0. The number of nitrogens with zero attached hydrogens (tertiary/aromatic N) is 1. The Balaban J connectivity index is 2.16. The summed E-state index contributed by atoms with van der Waals surface area (Å²) in [4.78, 5) is 25.9. The number of likely N-dealkylation sites (N-methyl/N-ethyl adjacent to an activating group) is 1. The first-order chi connectivity index (χ1) is 11.9. The van der Waals surface area contributed by atoms with Gasteiger partial charge >= 0.3 is 5.97 Å². The Morgan fingerprint density at radius 2 is 1.76 bits per heavy atom. The van der Waals surface area contributed by atoms with E-state index in [4.69, 9.17) is 27.9 Å². The van der Waals surface area contributed by atoms with Crippen molar-refractivity contribution in [3.8, 4) is 0 Å². The molecule has 6 heteroatoms. The van der Waals surface area contributed by atoms with Crippen LogP contribution < -0.4 is 0 Å². The van der Waals surface area contributed by atoms with Crippen LogP contribution in [0.15, 0.2) is 54.6 Å². The first kappa shape index (κ1) is 19.0. The van der Waals surface area contributed by atoms with Crippen LogP contribution in [-0.2, 0) is 14.3 Å².